The third kappa shape index (κ3) is 6.17. The number of ether oxygens (including phenoxy) is 4. The number of hydrogen-bond donors (Lipinski definition) is 0. The highest BCUT2D eigenvalue weighted by molar-refractivity contribution is 5.95. The van der Waals surface area contributed by atoms with E-state index in [9.17, 15) is 4.79 Å². The molecular formula is C29H39NO5. The van der Waals surface area contributed by atoms with E-state index in [0.717, 1.165) is 25.7 Å². The van der Waals surface area contributed by atoms with Gasteiger partial charge in [-0.1, -0.05) is 30.3 Å². The first-order chi connectivity index (χ1) is 16.8. The maximum absolute atomic E-state index is 13.3. The van der Waals surface area contributed by atoms with Gasteiger partial charge in [0, 0.05) is 31.5 Å². The van der Waals surface area contributed by atoms with Gasteiger partial charge < -0.3 is 23.8 Å². The van der Waals surface area contributed by atoms with Crippen LogP contribution < -0.4 is 9.47 Å². The quantitative estimate of drug-likeness (QED) is 0.500. The van der Waals surface area contributed by atoms with Crippen LogP contribution in [0.3, 0.4) is 0 Å². The molecule has 4 rings (SSSR count). The van der Waals surface area contributed by atoms with Crippen molar-refractivity contribution in [3.63, 3.8) is 0 Å². The van der Waals surface area contributed by atoms with Crippen molar-refractivity contribution in [1.82, 2.24) is 4.90 Å². The summed E-state index contributed by atoms with van der Waals surface area (Å²) in [6.45, 7) is 9.42. The zero-order valence-corrected chi connectivity index (χ0v) is 21.7. The topological polar surface area (TPSA) is 57.2 Å². The van der Waals surface area contributed by atoms with E-state index in [0.29, 0.717) is 30.2 Å². The summed E-state index contributed by atoms with van der Waals surface area (Å²) in [6.07, 6.45) is 3.68. The molecule has 6 heteroatoms. The number of nitrogens with zero attached hydrogens (tertiary/aromatic N) is 1. The number of likely N-dealkylation sites (tertiary alicyclic amines) is 1. The molecule has 0 radical (unpaired) electrons. The van der Waals surface area contributed by atoms with Crippen LogP contribution in [0.1, 0.15) is 75.4 Å². The van der Waals surface area contributed by atoms with Gasteiger partial charge in [0.1, 0.15) is 0 Å². The van der Waals surface area contributed by atoms with E-state index in [1.807, 2.05) is 36.9 Å². The summed E-state index contributed by atoms with van der Waals surface area (Å²) in [6, 6.07) is 15.8. The molecule has 0 bridgehead atoms. The predicted molar refractivity (Wildman–Crippen MR) is 136 cm³/mol. The normalized spacial score (nSPS) is 22.0. The van der Waals surface area contributed by atoms with Gasteiger partial charge in [0.25, 0.3) is 5.91 Å². The Hall–Kier alpha value is -2.57. The van der Waals surface area contributed by atoms with Crippen molar-refractivity contribution < 1.29 is 23.7 Å². The first-order valence-electron chi connectivity index (χ1n) is 12.8. The molecule has 2 heterocycles. The average molecular weight is 482 g/mol. The lowest BCUT2D eigenvalue weighted by atomic mass is 9.80. The summed E-state index contributed by atoms with van der Waals surface area (Å²) < 4.78 is 24.4. The molecule has 2 atom stereocenters. The van der Waals surface area contributed by atoms with E-state index in [4.69, 9.17) is 18.9 Å². The van der Waals surface area contributed by atoms with Crippen molar-refractivity contribution in [3.05, 3.63) is 59.7 Å². The number of amides is 1. The van der Waals surface area contributed by atoms with E-state index in [-0.39, 0.29) is 35.9 Å². The Morgan fingerprint density at radius 1 is 1.00 bits per heavy atom. The Bertz CT molecular complexity index is 982. The highest BCUT2D eigenvalue weighted by Gasteiger charge is 2.45. The fourth-order valence-corrected chi connectivity index (χ4v) is 5.27. The molecule has 35 heavy (non-hydrogen) atoms. The minimum absolute atomic E-state index is 0.00807. The summed E-state index contributed by atoms with van der Waals surface area (Å²) in [4.78, 5) is 15.3. The van der Waals surface area contributed by atoms with Gasteiger partial charge >= 0.3 is 0 Å². The van der Waals surface area contributed by atoms with Gasteiger partial charge in [-0.3, -0.25) is 4.79 Å². The molecule has 6 nitrogen and oxygen atoms in total. The molecule has 2 aromatic carbocycles. The van der Waals surface area contributed by atoms with Crippen molar-refractivity contribution in [2.75, 3.05) is 20.2 Å². The van der Waals surface area contributed by atoms with Crippen LogP contribution in [0.2, 0.25) is 0 Å². The molecule has 0 saturated carbocycles. The number of rotatable bonds is 7. The van der Waals surface area contributed by atoms with Crippen LogP contribution in [0.5, 0.6) is 11.5 Å². The van der Waals surface area contributed by atoms with Crippen molar-refractivity contribution >= 4 is 5.91 Å². The largest absolute Gasteiger partial charge is 0.493 e. The van der Waals surface area contributed by atoms with E-state index in [2.05, 4.69) is 38.1 Å². The summed E-state index contributed by atoms with van der Waals surface area (Å²) in [5.41, 5.74) is 1.53. The number of carbonyl (C=O) groups excluding carboxylic acids is 1. The maximum atomic E-state index is 13.3. The predicted octanol–water partition coefficient (Wildman–Crippen LogP) is 5.80. The van der Waals surface area contributed by atoms with Crippen molar-refractivity contribution in [2.24, 2.45) is 0 Å². The third-order valence-electron chi connectivity index (χ3n) is 6.84. The molecule has 2 aromatic rings. The monoisotopic (exact) mass is 481 g/mol. The van der Waals surface area contributed by atoms with Gasteiger partial charge in [-0.15, -0.1) is 0 Å². The Morgan fingerprint density at radius 2 is 1.71 bits per heavy atom. The average Bonchev–Trinajstić information content (AvgIpc) is 2.84. The number of benzene rings is 2. The Labute approximate surface area is 209 Å². The number of methoxy groups -OCH3 is 1. The minimum atomic E-state index is -0.276. The van der Waals surface area contributed by atoms with Gasteiger partial charge in [0.15, 0.2) is 11.5 Å². The van der Waals surface area contributed by atoms with E-state index >= 15 is 0 Å². The van der Waals surface area contributed by atoms with Crippen LogP contribution in [0.25, 0.3) is 0 Å². The molecule has 2 saturated heterocycles. The molecule has 2 fully saturated rings. The lowest BCUT2D eigenvalue weighted by molar-refractivity contribution is -0.197. The lowest BCUT2D eigenvalue weighted by Gasteiger charge is -2.49. The maximum Gasteiger partial charge on any atom is 0.253 e. The van der Waals surface area contributed by atoms with Gasteiger partial charge in [-0.25, -0.2) is 0 Å². The molecule has 1 amide bonds. The van der Waals surface area contributed by atoms with Crippen LogP contribution >= 0.6 is 0 Å². The Morgan fingerprint density at radius 3 is 2.34 bits per heavy atom. The van der Waals surface area contributed by atoms with Crippen LogP contribution in [0.15, 0.2) is 48.5 Å². The Kier molecular flexibility index (Phi) is 8.02. The van der Waals surface area contributed by atoms with Crippen LogP contribution in [0.4, 0.5) is 0 Å². The number of piperidine rings is 1. The molecular weight excluding hydrogens is 442 g/mol. The van der Waals surface area contributed by atoms with E-state index < -0.39 is 0 Å². The second-order valence-corrected chi connectivity index (χ2v) is 10.3. The fraction of sp³-hybridized carbons (Fsp3) is 0.552. The van der Waals surface area contributed by atoms with Crippen LogP contribution in [-0.2, 0) is 9.47 Å². The van der Waals surface area contributed by atoms with E-state index in [1.165, 1.54) is 5.56 Å². The first-order valence-corrected chi connectivity index (χ1v) is 12.8. The molecule has 0 N–H and O–H groups in total. The van der Waals surface area contributed by atoms with Crippen molar-refractivity contribution in [1.29, 1.82) is 0 Å². The zero-order chi connectivity index (χ0) is 25.0. The highest BCUT2D eigenvalue weighted by Crippen LogP contribution is 2.44. The highest BCUT2D eigenvalue weighted by atomic mass is 16.5. The molecule has 190 valence electrons. The smallest absolute Gasteiger partial charge is 0.253 e. The van der Waals surface area contributed by atoms with Gasteiger partial charge in [-0.05, 0) is 64.3 Å². The standard InChI is InChI=1S/C29H39NO5/c1-20(2)33-24-18-26(22-9-7-6-8-10-22)35-29(19-24)13-15-30(16-14-29)28(31)23-11-12-25(34-21(3)4)27(17-23)32-5/h6-12,17,20-21,24,26H,13-16,18-19H2,1-5H3/t24-,26-/m0/s1. The molecule has 0 aliphatic carbocycles. The summed E-state index contributed by atoms with van der Waals surface area (Å²) in [5, 5.41) is 0. The van der Waals surface area contributed by atoms with E-state index in [1.54, 1.807) is 13.2 Å². The fourth-order valence-electron chi connectivity index (χ4n) is 5.27. The molecule has 0 unspecified atom stereocenters. The number of carbonyl (C=O) groups is 1. The molecule has 2 aliphatic heterocycles. The van der Waals surface area contributed by atoms with Crippen LogP contribution in [-0.4, -0.2) is 54.9 Å². The van der Waals surface area contributed by atoms with Gasteiger partial charge in [-0.2, -0.15) is 0 Å². The Balaban J connectivity index is 1.46. The van der Waals surface area contributed by atoms with Crippen molar-refractivity contribution in [2.45, 2.75) is 83.4 Å². The summed E-state index contributed by atoms with van der Waals surface area (Å²) in [5.74, 6) is 1.24. The first kappa shape index (κ1) is 25.5. The van der Waals surface area contributed by atoms with Gasteiger partial charge in [0.2, 0.25) is 0 Å². The van der Waals surface area contributed by atoms with Crippen LogP contribution in [0, 0.1) is 0 Å². The lowest BCUT2D eigenvalue weighted by Crippen LogP contribution is -2.52. The third-order valence-corrected chi connectivity index (χ3v) is 6.84. The zero-order valence-electron chi connectivity index (χ0n) is 21.7. The molecule has 0 aromatic heterocycles. The SMILES string of the molecule is COc1cc(C(=O)N2CCC3(CC2)C[C@@H](OC(C)C)C[C@@H](c2ccccc2)O3)ccc1OC(C)C. The van der Waals surface area contributed by atoms with Gasteiger partial charge in [0.05, 0.1) is 37.1 Å². The molecule has 1 spiro atoms. The summed E-state index contributed by atoms with van der Waals surface area (Å²) in [7, 11) is 1.60. The molecule has 2 aliphatic rings. The summed E-state index contributed by atoms with van der Waals surface area (Å²) >= 11 is 0. The number of hydrogen-bond acceptors (Lipinski definition) is 5. The minimum Gasteiger partial charge on any atom is -0.493 e. The van der Waals surface area contributed by atoms with Crippen molar-refractivity contribution in [3.8, 4) is 11.5 Å². The second kappa shape index (κ2) is 11.0. The second-order valence-electron chi connectivity index (χ2n) is 10.3.